The van der Waals surface area contributed by atoms with Crippen molar-refractivity contribution in [2.24, 2.45) is 0 Å². The van der Waals surface area contributed by atoms with Crippen molar-refractivity contribution in [1.29, 1.82) is 0 Å². The Morgan fingerprint density at radius 3 is 2.30 bits per heavy atom. The molecule has 114 valence electrons. The molecule has 0 saturated carbocycles. The molecule has 0 bridgehead atoms. The molecule has 0 aliphatic rings. The van der Waals surface area contributed by atoms with Gasteiger partial charge >= 0.3 is 12.1 Å². The number of ether oxygens (including phenoxy) is 2. The van der Waals surface area contributed by atoms with Gasteiger partial charge in [-0.05, 0) is 46.5 Å². The Kier molecular flexibility index (Phi) is 8.36. The van der Waals surface area contributed by atoms with Gasteiger partial charge in [0, 0.05) is 0 Å². The number of rotatable bonds is 7. The lowest BCUT2D eigenvalue weighted by Crippen LogP contribution is -2.34. The third kappa shape index (κ3) is 9.19. The predicted molar refractivity (Wildman–Crippen MR) is 78.1 cm³/mol. The first kappa shape index (κ1) is 18.2. The lowest BCUT2D eigenvalue weighted by molar-refractivity contribution is -0.136. The molecule has 5 nitrogen and oxygen atoms in total. The summed E-state index contributed by atoms with van der Waals surface area (Å²) in [5, 5.41) is 2.42. The van der Waals surface area contributed by atoms with Crippen LogP contribution >= 0.6 is 0 Å². The lowest BCUT2D eigenvalue weighted by atomic mass is 10.2. The molecular formula is C15H25NO4. The highest BCUT2D eigenvalue weighted by atomic mass is 16.6. The van der Waals surface area contributed by atoms with E-state index in [0.717, 1.165) is 19.3 Å². The molecule has 0 aromatic rings. The van der Waals surface area contributed by atoms with Crippen LogP contribution in [0, 0.1) is 0 Å². The average molecular weight is 283 g/mol. The van der Waals surface area contributed by atoms with Crippen LogP contribution in [0.15, 0.2) is 24.4 Å². The Morgan fingerprint density at radius 1 is 1.20 bits per heavy atom. The second-order valence-electron chi connectivity index (χ2n) is 5.31. The molecule has 1 N–H and O–H groups in total. The van der Waals surface area contributed by atoms with E-state index < -0.39 is 17.7 Å². The first-order chi connectivity index (χ1) is 9.30. The summed E-state index contributed by atoms with van der Waals surface area (Å²) in [6.45, 7) is 8.91. The molecule has 0 aliphatic carbocycles. The van der Waals surface area contributed by atoms with Crippen molar-refractivity contribution in [2.75, 3.05) is 7.11 Å². The third-order valence-corrected chi connectivity index (χ3v) is 2.25. The first-order valence-electron chi connectivity index (χ1n) is 6.69. The number of carbonyl (C=O) groups excluding carboxylic acids is 2. The van der Waals surface area contributed by atoms with E-state index in [2.05, 4.69) is 16.6 Å². The molecule has 0 aliphatic heterocycles. The highest BCUT2D eigenvalue weighted by molar-refractivity contribution is 5.92. The van der Waals surface area contributed by atoms with Gasteiger partial charge in [0.2, 0.25) is 0 Å². The molecule has 0 heterocycles. The van der Waals surface area contributed by atoms with E-state index in [4.69, 9.17) is 4.74 Å². The van der Waals surface area contributed by atoms with E-state index in [1.165, 1.54) is 7.11 Å². The molecule has 0 rings (SSSR count). The molecule has 0 aromatic carbocycles. The zero-order chi connectivity index (χ0) is 15.6. The zero-order valence-corrected chi connectivity index (χ0v) is 12.8. The van der Waals surface area contributed by atoms with E-state index in [0.29, 0.717) is 6.42 Å². The summed E-state index contributed by atoms with van der Waals surface area (Å²) in [6.07, 6.45) is 6.33. The maximum atomic E-state index is 11.6. The molecule has 5 heteroatoms. The molecule has 0 unspecified atom stereocenters. The van der Waals surface area contributed by atoms with Crippen LogP contribution in [0.2, 0.25) is 0 Å². The summed E-state index contributed by atoms with van der Waals surface area (Å²) >= 11 is 0. The van der Waals surface area contributed by atoms with E-state index in [1.807, 2.05) is 6.08 Å². The fraction of sp³-hybridized carbons (Fsp3) is 0.600. The van der Waals surface area contributed by atoms with E-state index in [1.54, 1.807) is 26.8 Å². The largest absolute Gasteiger partial charge is 0.464 e. The number of alkyl carbamates (subject to hydrolysis) is 1. The monoisotopic (exact) mass is 283 g/mol. The van der Waals surface area contributed by atoms with Crippen LogP contribution in [0.4, 0.5) is 4.79 Å². The Hall–Kier alpha value is -1.78. The molecule has 0 saturated heterocycles. The predicted octanol–water partition coefficient (Wildman–Crippen LogP) is 3.31. The summed E-state index contributed by atoms with van der Waals surface area (Å²) < 4.78 is 9.72. The summed E-state index contributed by atoms with van der Waals surface area (Å²) in [5.74, 6) is -0.584. The van der Waals surface area contributed by atoms with Gasteiger partial charge in [0.1, 0.15) is 11.3 Å². The molecule has 0 atom stereocenters. The normalized spacial score (nSPS) is 11.7. The third-order valence-electron chi connectivity index (χ3n) is 2.25. The summed E-state index contributed by atoms with van der Waals surface area (Å²) in [7, 11) is 1.27. The summed E-state index contributed by atoms with van der Waals surface area (Å²) in [6, 6.07) is 0. The van der Waals surface area contributed by atoms with Crippen LogP contribution in [0.25, 0.3) is 0 Å². The van der Waals surface area contributed by atoms with Gasteiger partial charge in [-0.1, -0.05) is 12.2 Å². The van der Waals surface area contributed by atoms with Crippen molar-refractivity contribution in [2.45, 2.75) is 52.1 Å². The van der Waals surface area contributed by atoms with Crippen molar-refractivity contribution < 1.29 is 19.1 Å². The number of nitrogens with one attached hydrogen (secondary N) is 1. The summed E-state index contributed by atoms with van der Waals surface area (Å²) in [5.41, 5.74) is -0.504. The van der Waals surface area contributed by atoms with E-state index >= 15 is 0 Å². The average Bonchev–Trinajstić information content (AvgIpc) is 2.34. The van der Waals surface area contributed by atoms with Gasteiger partial charge in [-0.3, -0.25) is 5.32 Å². The fourth-order valence-electron chi connectivity index (χ4n) is 1.39. The van der Waals surface area contributed by atoms with Crippen LogP contribution in [-0.4, -0.2) is 24.8 Å². The SMILES string of the molecule is C=CCCCCC=C(NC(=O)OC(C)(C)C)C(=O)OC. The molecule has 0 radical (unpaired) electrons. The standard InChI is InChI=1S/C15H25NO4/c1-6-7-8-9-10-11-12(13(17)19-5)16-14(18)20-15(2,3)4/h6,11H,1,7-10H2,2-5H3,(H,16,18). The number of hydrogen-bond donors (Lipinski definition) is 1. The number of amides is 1. The van der Waals surface area contributed by atoms with Gasteiger partial charge in [0.15, 0.2) is 0 Å². The van der Waals surface area contributed by atoms with Gasteiger partial charge in [-0.2, -0.15) is 0 Å². The topological polar surface area (TPSA) is 64.6 Å². The Morgan fingerprint density at radius 2 is 1.80 bits per heavy atom. The maximum Gasteiger partial charge on any atom is 0.412 e. The van der Waals surface area contributed by atoms with Crippen LogP contribution in [0.1, 0.15) is 46.5 Å². The molecule has 20 heavy (non-hydrogen) atoms. The van der Waals surface area contributed by atoms with Gasteiger partial charge in [0.05, 0.1) is 7.11 Å². The number of esters is 1. The molecule has 0 fully saturated rings. The molecule has 0 aromatic heterocycles. The minimum Gasteiger partial charge on any atom is -0.464 e. The highest BCUT2D eigenvalue weighted by Crippen LogP contribution is 2.08. The van der Waals surface area contributed by atoms with Crippen molar-refractivity contribution >= 4 is 12.1 Å². The minimum absolute atomic E-state index is 0.111. The summed E-state index contributed by atoms with van der Waals surface area (Å²) in [4.78, 5) is 23.2. The number of unbranched alkanes of at least 4 members (excludes halogenated alkanes) is 3. The fourth-order valence-corrected chi connectivity index (χ4v) is 1.39. The van der Waals surface area contributed by atoms with Gasteiger partial charge in [-0.15, -0.1) is 6.58 Å². The van der Waals surface area contributed by atoms with E-state index in [-0.39, 0.29) is 5.70 Å². The van der Waals surface area contributed by atoms with E-state index in [9.17, 15) is 9.59 Å². The maximum absolute atomic E-state index is 11.6. The first-order valence-corrected chi connectivity index (χ1v) is 6.69. The molecular weight excluding hydrogens is 258 g/mol. The van der Waals surface area contributed by atoms with Crippen LogP contribution in [0.3, 0.4) is 0 Å². The van der Waals surface area contributed by atoms with Crippen molar-refractivity contribution in [3.8, 4) is 0 Å². The Bertz CT molecular complexity index is 367. The molecule has 1 amide bonds. The van der Waals surface area contributed by atoms with Gasteiger partial charge in [0.25, 0.3) is 0 Å². The van der Waals surface area contributed by atoms with Crippen LogP contribution in [0.5, 0.6) is 0 Å². The highest BCUT2D eigenvalue weighted by Gasteiger charge is 2.19. The van der Waals surface area contributed by atoms with Crippen molar-refractivity contribution in [3.05, 3.63) is 24.4 Å². The number of allylic oxidation sites excluding steroid dienone is 2. The Labute approximate surface area is 121 Å². The zero-order valence-electron chi connectivity index (χ0n) is 12.8. The molecule has 0 spiro atoms. The lowest BCUT2D eigenvalue weighted by Gasteiger charge is -2.20. The second-order valence-corrected chi connectivity index (χ2v) is 5.31. The number of carbonyl (C=O) groups is 2. The quantitative estimate of drug-likeness (QED) is 0.337. The van der Waals surface area contributed by atoms with Gasteiger partial charge in [-0.25, -0.2) is 9.59 Å². The van der Waals surface area contributed by atoms with Crippen LogP contribution in [-0.2, 0) is 14.3 Å². The van der Waals surface area contributed by atoms with Gasteiger partial charge < -0.3 is 9.47 Å². The number of methoxy groups -OCH3 is 1. The smallest absolute Gasteiger partial charge is 0.412 e. The minimum atomic E-state index is -0.666. The van der Waals surface area contributed by atoms with Crippen molar-refractivity contribution in [3.63, 3.8) is 0 Å². The van der Waals surface area contributed by atoms with Crippen LogP contribution < -0.4 is 5.32 Å². The second kappa shape index (κ2) is 9.18. The Balaban J connectivity index is 4.49. The van der Waals surface area contributed by atoms with Crippen molar-refractivity contribution in [1.82, 2.24) is 5.32 Å². The number of hydrogen-bond acceptors (Lipinski definition) is 4.